The second-order valence-corrected chi connectivity index (χ2v) is 2.72. The van der Waals surface area contributed by atoms with Gasteiger partial charge in [0.2, 0.25) is 0 Å². The number of rotatable bonds is 1. The Hall–Kier alpha value is -0.0400. The zero-order valence-electron chi connectivity index (χ0n) is 5.48. The van der Waals surface area contributed by atoms with E-state index in [1.165, 1.54) is 19.3 Å². The van der Waals surface area contributed by atoms with Crippen LogP contribution >= 0.6 is 0 Å². The van der Waals surface area contributed by atoms with Crippen LogP contribution in [0, 0.1) is 13.0 Å². The Kier molecular flexibility index (Phi) is 1.90. The van der Waals surface area contributed by atoms with Crippen LogP contribution in [0.4, 0.5) is 0 Å². The highest BCUT2D eigenvalue weighted by molar-refractivity contribution is 4.79. The Bertz CT molecular complexity index is 70.8. The topological polar surface area (TPSA) is 12.0 Å². The Morgan fingerprint density at radius 2 is 2.25 bits per heavy atom. The van der Waals surface area contributed by atoms with Gasteiger partial charge in [0.15, 0.2) is 0 Å². The molecule has 2 atom stereocenters. The first-order chi connectivity index (χ1) is 3.84. The molecule has 1 unspecified atom stereocenters. The molecule has 1 rings (SSSR count). The summed E-state index contributed by atoms with van der Waals surface area (Å²) in [5, 5.41) is 3.06. The van der Waals surface area contributed by atoms with E-state index in [4.69, 9.17) is 0 Å². The molecule has 0 saturated heterocycles. The second-order valence-electron chi connectivity index (χ2n) is 2.72. The number of hydrogen-bond acceptors (Lipinski definition) is 1. The molecule has 1 saturated carbocycles. The lowest BCUT2D eigenvalue weighted by atomic mass is 10.1. The maximum Gasteiger partial charge on any atom is 0.00932 e. The Balaban J connectivity index is 2.30. The molecule has 1 N–H and O–H groups in total. The fourth-order valence-corrected chi connectivity index (χ4v) is 1.45. The average Bonchev–Trinajstić information content (AvgIpc) is 2.14. The minimum atomic E-state index is 0.704. The van der Waals surface area contributed by atoms with Gasteiger partial charge in [-0.1, -0.05) is 13.3 Å². The Morgan fingerprint density at radius 1 is 1.50 bits per heavy atom. The molecule has 1 nitrogen and oxygen atoms in total. The third-order valence-electron chi connectivity index (χ3n) is 2.12. The zero-order valence-corrected chi connectivity index (χ0v) is 5.48. The van der Waals surface area contributed by atoms with Crippen molar-refractivity contribution in [3.8, 4) is 0 Å². The first kappa shape index (κ1) is 6.09. The predicted molar refractivity (Wildman–Crippen MR) is 35.3 cm³/mol. The minimum Gasteiger partial charge on any atom is -0.312 e. The van der Waals surface area contributed by atoms with Gasteiger partial charge in [-0.25, -0.2) is 0 Å². The van der Waals surface area contributed by atoms with Crippen molar-refractivity contribution >= 4 is 0 Å². The molecule has 0 aliphatic heterocycles. The van der Waals surface area contributed by atoms with Crippen molar-refractivity contribution in [2.75, 3.05) is 0 Å². The van der Waals surface area contributed by atoms with Gasteiger partial charge in [0.05, 0.1) is 0 Å². The van der Waals surface area contributed by atoms with E-state index in [0.29, 0.717) is 6.04 Å². The number of hydrogen-bond donors (Lipinski definition) is 1. The number of nitrogens with one attached hydrogen (secondary N) is 1. The largest absolute Gasteiger partial charge is 0.312 e. The van der Waals surface area contributed by atoms with E-state index in [1.807, 2.05) is 0 Å². The van der Waals surface area contributed by atoms with E-state index in [2.05, 4.69) is 19.3 Å². The summed E-state index contributed by atoms with van der Waals surface area (Å²) in [6.07, 6.45) is 4.09. The van der Waals surface area contributed by atoms with Crippen LogP contribution in [0.3, 0.4) is 0 Å². The maximum absolute atomic E-state index is 3.67. The summed E-state index contributed by atoms with van der Waals surface area (Å²) in [6, 6.07) is 0.704. The summed E-state index contributed by atoms with van der Waals surface area (Å²) in [6.45, 7) is 2.29. The van der Waals surface area contributed by atoms with E-state index in [-0.39, 0.29) is 0 Å². The molecule has 1 radical (unpaired) electrons. The van der Waals surface area contributed by atoms with Crippen molar-refractivity contribution < 1.29 is 0 Å². The van der Waals surface area contributed by atoms with E-state index in [9.17, 15) is 0 Å². The van der Waals surface area contributed by atoms with E-state index >= 15 is 0 Å². The smallest absolute Gasteiger partial charge is 0.00932 e. The van der Waals surface area contributed by atoms with Gasteiger partial charge < -0.3 is 5.32 Å². The van der Waals surface area contributed by atoms with Crippen molar-refractivity contribution in [2.45, 2.75) is 32.2 Å². The lowest BCUT2D eigenvalue weighted by molar-refractivity contribution is 0.472. The van der Waals surface area contributed by atoms with Gasteiger partial charge in [-0.3, -0.25) is 0 Å². The standard InChI is InChI=1S/C7H14N/c1-6-4-3-5-7(6)8-2/h6-8H,2-5H2,1H3/t6?,7-/m0/s1. The molecule has 0 aromatic rings. The molecule has 0 heterocycles. The molecular weight excluding hydrogens is 98.1 g/mol. The highest BCUT2D eigenvalue weighted by Gasteiger charge is 2.20. The molecule has 0 bridgehead atoms. The molecule has 1 heteroatoms. The molecular formula is C7H14N. The second kappa shape index (κ2) is 2.49. The molecule has 0 aromatic heterocycles. The predicted octanol–water partition coefficient (Wildman–Crippen LogP) is 1.56. The summed E-state index contributed by atoms with van der Waals surface area (Å²) in [4.78, 5) is 0. The van der Waals surface area contributed by atoms with Crippen LogP contribution in [0.5, 0.6) is 0 Å². The third kappa shape index (κ3) is 1.03. The summed E-state index contributed by atoms with van der Waals surface area (Å²) >= 11 is 0. The van der Waals surface area contributed by atoms with Gasteiger partial charge in [0.1, 0.15) is 0 Å². The SMILES string of the molecule is [CH2]N[C@H]1CCCC1C. The van der Waals surface area contributed by atoms with E-state index < -0.39 is 0 Å². The molecule has 8 heavy (non-hydrogen) atoms. The fourth-order valence-electron chi connectivity index (χ4n) is 1.45. The van der Waals surface area contributed by atoms with Crippen LogP contribution in [0.2, 0.25) is 0 Å². The summed E-state index contributed by atoms with van der Waals surface area (Å²) in [7, 11) is 3.67. The van der Waals surface area contributed by atoms with E-state index in [1.54, 1.807) is 0 Å². The highest BCUT2D eigenvalue weighted by atomic mass is 14.9. The summed E-state index contributed by atoms with van der Waals surface area (Å²) in [5.74, 6) is 0.854. The molecule has 0 amide bonds. The Morgan fingerprint density at radius 3 is 2.50 bits per heavy atom. The highest BCUT2D eigenvalue weighted by Crippen LogP contribution is 2.24. The van der Waals surface area contributed by atoms with Crippen molar-refractivity contribution in [1.82, 2.24) is 5.32 Å². The molecule has 0 spiro atoms. The van der Waals surface area contributed by atoms with Crippen molar-refractivity contribution in [1.29, 1.82) is 0 Å². The lowest BCUT2D eigenvalue weighted by Gasteiger charge is -2.12. The summed E-state index contributed by atoms with van der Waals surface area (Å²) < 4.78 is 0. The van der Waals surface area contributed by atoms with Gasteiger partial charge in [0, 0.05) is 13.1 Å². The van der Waals surface area contributed by atoms with Gasteiger partial charge in [-0.15, -0.1) is 0 Å². The zero-order chi connectivity index (χ0) is 5.98. The first-order valence-corrected chi connectivity index (χ1v) is 3.37. The van der Waals surface area contributed by atoms with Crippen molar-refractivity contribution in [3.05, 3.63) is 7.05 Å². The summed E-state index contributed by atoms with van der Waals surface area (Å²) in [5.41, 5.74) is 0. The van der Waals surface area contributed by atoms with Gasteiger partial charge in [0.25, 0.3) is 0 Å². The van der Waals surface area contributed by atoms with Crippen LogP contribution in [0.25, 0.3) is 0 Å². The third-order valence-corrected chi connectivity index (χ3v) is 2.12. The molecule has 1 fully saturated rings. The lowest BCUT2D eigenvalue weighted by Crippen LogP contribution is -2.25. The normalized spacial score (nSPS) is 38.2. The first-order valence-electron chi connectivity index (χ1n) is 3.37. The van der Waals surface area contributed by atoms with Gasteiger partial charge >= 0.3 is 0 Å². The quantitative estimate of drug-likeness (QED) is 0.542. The van der Waals surface area contributed by atoms with Crippen molar-refractivity contribution in [2.24, 2.45) is 5.92 Å². The van der Waals surface area contributed by atoms with Gasteiger partial charge in [-0.05, 0) is 18.8 Å². The van der Waals surface area contributed by atoms with Crippen LogP contribution in [0.15, 0.2) is 0 Å². The Labute approximate surface area is 51.5 Å². The molecule has 1 aliphatic rings. The molecule has 1 aliphatic carbocycles. The van der Waals surface area contributed by atoms with E-state index in [0.717, 1.165) is 5.92 Å². The van der Waals surface area contributed by atoms with Crippen LogP contribution in [-0.4, -0.2) is 6.04 Å². The molecule has 47 valence electrons. The fraction of sp³-hybridized carbons (Fsp3) is 0.857. The van der Waals surface area contributed by atoms with Crippen LogP contribution < -0.4 is 5.32 Å². The van der Waals surface area contributed by atoms with Crippen LogP contribution in [0.1, 0.15) is 26.2 Å². The maximum atomic E-state index is 3.67. The van der Waals surface area contributed by atoms with Crippen molar-refractivity contribution in [3.63, 3.8) is 0 Å². The monoisotopic (exact) mass is 112 g/mol. The van der Waals surface area contributed by atoms with Crippen LogP contribution in [-0.2, 0) is 0 Å². The molecule has 0 aromatic carbocycles. The average molecular weight is 112 g/mol. The minimum absolute atomic E-state index is 0.704. The van der Waals surface area contributed by atoms with Gasteiger partial charge in [-0.2, -0.15) is 0 Å².